The highest BCUT2D eigenvalue weighted by atomic mass is 16.3. The summed E-state index contributed by atoms with van der Waals surface area (Å²) in [4.78, 5) is 0. The van der Waals surface area contributed by atoms with Gasteiger partial charge < -0.3 is 15.7 Å². The fraction of sp³-hybridized carbons (Fsp3) is 1.00. The first-order chi connectivity index (χ1) is 7.04. The molecule has 15 heavy (non-hydrogen) atoms. The third-order valence-corrected chi connectivity index (χ3v) is 3.34. The van der Waals surface area contributed by atoms with Gasteiger partial charge in [-0.2, -0.15) is 0 Å². The Balaban J connectivity index is 2.27. The molecule has 0 spiro atoms. The average molecular weight is 214 g/mol. The first kappa shape index (κ1) is 12.9. The average Bonchev–Trinajstić information content (AvgIpc) is 2.18. The molecule has 3 nitrogen and oxygen atoms in total. The largest absolute Gasteiger partial charge is 0.395 e. The summed E-state index contributed by atoms with van der Waals surface area (Å²) in [5, 5.41) is 16.2. The van der Waals surface area contributed by atoms with Crippen LogP contribution < -0.4 is 10.6 Å². The van der Waals surface area contributed by atoms with Gasteiger partial charge in [0.05, 0.1) is 6.61 Å². The van der Waals surface area contributed by atoms with Gasteiger partial charge in [-0.25, -0.2) is 0 Å². The van der Waals surface area contributed by atoms with Crippen molar-refractivity contribution in [1.82, 2.24) is 10.6 Å². The Labute approximate surface area is 93.6 Å². The van der Waals surface area contributed by atoms with E-state index in [2.05, 4.69) is 31.4 Å². The molecule has 1 heterocycles. The van der Waals surface area contributed by atoms with Gasteiger partial charge in [-0.05, 0) is 43.8 Å². The predicted octanol–water partition coefficient (Wildman–Crippen LogP) is 0.983. The monoisotopic (exact) mass is 214 g/mol. The SMILES string of the molecule is CC(C)(C)C(CO)NCC1CCNCC1. The molecule has 0 saturated carbocycles. The maximum absolute atomic E-state index is 9.32. The number of piperidine rings is 1. The quantitative estimate of drug-likeness (QED) is 0.654. The van der Waals surface area contributed by atoms with Crippen LogP contribution in [0.5, 0.6) is 0 Å². The van der Waals surface area contributed by atoms with Crippen LogP contribution in [-0.4, -0.2) is 37.4 Å². The van der Waals surface area contributed by atoms with Crippen molar-refractivity contribution in [2.75, 3.05) is 26.2 Å². The Morgan fingerprint density at radius 2 is 1.93 bits per heavy atom. The molecule has 90 valence electrons. The van der Waals surface area contributed by atoms with E-state index in [1.54, 1.807) is 0 Å². The molecule has 0 bridgehead atoms. The molecule has 1 aliphatic rings. The van der Waals surface area contributed by atoms with Crippen LogP contribution in [0.2, 0.25) is 0 Å². The molecule has 1 fully saturated rings. The minimum atomic E-state index is 0.141. The van der Waals surface area contributed by atoms with Crippen molar-refractivity contribution in [2.24, 2.45) is 11.3 Å². The summed E-state index contributed by atoms with van der Waals surface area (Å²) in [6.07, 6.45) is 2.52. The molecule has 0 aromatic heterocycles. The maximum Gasteiger partial charge on any atom is 0.0589 e. The van der Waals surface area contributed by atoms with E-state index in [1.807, 2.05) is 0 Å². The molecule has 1 unspecified atom stereocenters. The Morgan fingerprint density at radius 1 is 1.33 bits per heavy atom. The molecule has 0 aliphatic carbocycles. The zero-order valence-electron chi connectivity index (χ0n) is 10.3. The highest BCUT2D eigenvalue weighted by Gasteiger charge is 2.24. The van der Waals surface area contributed by atoms with Crippen molar-refractivity contribution in [2.45, 2.75) is 39.7 Å². The number of hydrogen-bond donors (Lipinski definition) is 3. The van der Waals surface area contributed by atoms with Crippen molar-refractivity contribution in [3.63, 3.8) is 0 Å². The van der Waals surface area contributed by atoms with Gasteiger partial charge in [0.2, 0.25) is 0 Å². The minimum Gasteiger partial charge on any atom is -0.395 e. The molecule has 0 aromatic carbocycles. The second-order valence-corrected chi connectivity index (χ2v) is 5.70. The molecular weight excluding hydrogens is 188 g/mol. The molecule has 3 heteroatoms. The first-order valence-corrected chi connectivity index (χ1v) is 6.09. The molecule has 1 saturated heterocycles. The zero-order valence-corrected chi connectivity index (χ0v) is 10.3. The smallest absolute Gasteiger partial charge is 0.0589 e. The number of aliphatic hydroxyl groups excluding tert-OH is 1. The summed E-state index contributed by atoms with van der Waals surface area (Å²) in [5.74, 6) is 0.780. The predicted molar refractivity (Wildman–Crippen MR) is 63.9 cm³/mol. The molecule has 3 N–H and O–H groups in total. The lowest BCUT2D eigenvalue weighted by Crippen LogP contribution is -2.46. The fourth-order valence-corrected chi connectivity index (χ4v) is 2.04. The van der Waals surface area contributed by atoms with Gasteiger partial charge in [-0.3, -0.25) is 0 Å². The van der Waals surface area contributed by atoms with Crippen LogP contribution in [0.25, 0.3) is 0 Å². The normalized spacial score (nSPS) is 21.6. The van der Waals surface area contributed by atoms with E-state index in [0.29, 0.717) is 0 Å². The second-order valence-electron chi connectivity index (χ2n) is 5.70. The highest BCUT2D eigenvalue weighted by molar-refractivity contribution is 4.81. The van der Waals surface area contributed by atoms with E-state index in [1.165, 1.54) is 12.8 Å². The Hall–Kier alpha value is -0.120. The van der Waals surface area contributed by atoms with Gasteiger partial charge in [0.15, 0.2) is 0 Å². The van der Waals surface area contributed by atoms with Crippen LogP contribution in [0, 0.1) is 11.3 Å². The summed E-state index contributed by atoms with van der Waals surface area (Å²) >= 11 is 0. The van der Waals surface area contributed by atoms with Crippen molar-refractivity contribution < 1.29 is 5.11 Å². The van der Waals surface area contributed by atoms with Crippen LogP contribution in [0.4, 0.5) is 0 Å². The van der Waals surface area contributed by atoms with Crippen LogP contribution in [-0.2, 0) is 0 Å². The topological polar surface area (TPSA) is 44.3 Å². The zero-order chi connectivity index (χ0) is 11.3. The number of nitrogens with one attached hydrogen (secondary N) is 2. The van der Waals surface area contributed by atoms with E-state index in [9.17, 15) is 5.11 Å². The van der Waals surface area contributed by atoms with Crippen molar-refractivity contribution in [1.29, 1.82) is 0 Å². The van der Waals surface area contributed by atoms with Gasteiger partial charge in [-0.15, -0.1) is 0 Å². The van der Waals surface area contributed by atoms with Gasteiger partial charge in [-0.1, -0.05) is 20.8 Å². The number of hydrogen-bond acceptors (Lipinski definition) is 3. The minimum absolute atomic E-state index is 0.141. The molecule has 0 radical (unpaired) electrons. The molecular formula is C12H26N2O. The standard InChI is InChI=1S/C12H26N2O/c1-12(2,3)11(9-15)14-8-10-4-6-13-7-5-10/h10-11,13-15H,4-9H2,1-3H3. The van der Waals surface area contributed by atoms with Gasteiger partial charge in [0.25, 0.3) is 0 Å². The summed E-state index contributed by atoms with van der Waals surface area (Å²) in [5.41, 5.74) is 0.141. The Bertz CT molecular complexity index is 171. The first-order valence-electron chi connectivity index (χ1n) is 6.09. The van der Waals surface area contributed by atoms with E-state index in [4.69, 9.17) is 0 Å². The molecule has 1 atom stereocenters. The van der Waals surface area contributed by atoms with Crippen LogP contribution in [0.3, 0.4) is 0 Å². The highest BCUT2D eigenvalue weighted by Crippen LogP contribution is 2.19. The summed E-state index contributed by atoms with van der Waals surface area (Å²) in [6.45, 7) is 10.1. The van der Waals surface area contributed by atoms with E-state index in [-0.39, 0.29) is 18.1 Å². The van der Waals surface area contributed by atoms with Gasteiger partial charge >= 0.3 is 0 Å². The van der Waals surface area contributed by atoms with Crippen molar-refractivity contribution >= 4 is 0 Å². The third-order valence-electron chi connectivity index (χ3n) is 3.34. The Kier molecular flexibility index (Phi) is 5.03. The maximum atomic E-state index is 9.32. The van der Waals surface area contributed by atoms with Crippen molar-refractivity contribution in [3.8, 4) is 0 Å². The molecule has 1 rings (SSSR count). The van der Waals surface area contributed by atoms with Crippen molar-refractivity contribution in [3.05, 3.63) is 0 Å². The molecule has 0 aromatic rings. The van der Waals surface area contributed by atoms with E-state index >= 15 is 0 Å². The summed E-state index contributed by atoms with van der Waals surface area (Å²) in [6, 6.07) is 0.215. The Morgan fingerprint density at radius 3 is 2.40 bits per heavy atom. The fourth-order valence-electron chi connectivity index (χ4n) is 2.04. The van der Waals surface area contributed by atoms with E-state index in [0.717, 1.165) is 25.6 Å². The van der Waals surface area contributed by atoms with E-state index < -0.39 is 0 Å². The number of rotatable bonds is 4. The lowest BCUT2D eigenvalue weighted by atomic mass is 9.86. The second kappa shape index (κ2) is 5.83. The van der Waals surface area contributed by atoms with Crippen LogP contribution >= 0.6 is 0 Å². The molecule has 1 aliphatic heterocycles. The summed E-state index contributed by atoms with van der Waals surface area (Å²) < 4.78 is 0. The lowest BCUT2D eigenvalue weighted by molar-refractivity contribution is 0.151. The summed E-state index contributed by atoms with van der Waals surface area (Å²) in [7, 11) is 0. The van der Waals surface area contributed by atoms with Gasteiger partial charge in [0.1, 0.15) is 0 Å². The van der Waals surface area contributed by atoms with Crippen LogP contribution in [0.15, 0.2) is 0 Å². The lowest BCUT2D eigenvalue weighted by Gasteiger charge is -2.32. The third kappa shape index (κ3) is 4.49. The van der Waals surface area contributed by atoms with Crippen LogP contribution in [0.1, 0.15) is 33.6 Å². The number of aliphatic hydroxyl groups is 1. The van der Waals surface area contributed by atoms with Gasteiger partial charge in [0, 0.05) is 6.04 Å². The molecule has 0 amide bonds.